The number of fused-ring (bicyclic) bond motifs is 1. The third kappa shape index (κ3) is 5.40. The lowest BCUT2D eigenvalue weighted by Gasteiger charge is -2.12. The second-order valence-corrected chi connectivity index (χ2v) is 9.62. The average molecular weight is 428 g/mol. The first-order valence-corrected chi connectivity index (χ1v) is 11.6. The smallest absolute Gasteiger partial charge is 0.238 e. The van der Waals surface area contributed by atoms with Crippen molar-refractivity contribution in [3.05, 3.63) is 40.3 Å². The van der Waals surface area contributed by atoms with Gasteiger partial charge in [-0.05, 0) is 62.8 Å². The summed E-state index contributed by atoms with van der Waals surface area (Å²) < 4.78 is 0. The Hall–Kier alpha value is -2.30. The molecule has 2 N–H and O–H groups in total. The van der Waals surface area contributed by atoms with Gasteiger partial charge in [0.05, 0.1) is 10.8 Å². The molecule has 7 heteroatoms. The monoisotopic (exact) mass is 427 g/mol. The fourth-order valence-electron chi connectivity index (χ4n) is 3.34. The van der Waals surface area contributed by atoms with E-state index in [1.165, 1.54) is 16.6 Å². The van der Waals surface area contributed by atoms with Crippen LogP contribution in [-0.4, -0.2) is 17.1 Å². The first-order valence-electron chi connectivity index (χ1n) is 9.94. The molecule has 2 aromatic rings. The number of benzene rings is 1. The second kappa shape index (κ2) is 9.95. The van der Waals surface area contributed by atoms with Crippen LogP contribution in [-0.2, 0) is 22.4 Å². The van der Waals surface area contributed by atoms with Crippen molar-refractivity contribution in [3.63, 3.8) is 0 Å². The number of carbonyl (C=O) groups excluding carboxylic acids is 2. The Bertz CT molecular complexity index is 946. The van der Waals surface area contributed by atoms with E-state index in [0.29, 0.717) is 17.0 Å². The molecule has 1 aliphatic carbocycles. The number of nitrogens with one attached hydrogen (secondary N) is 2. The molecule has 2 amide bonds. The van der Waals surface area contributed by atoms with Gasteiger partial charge in [0, 0.05) is 21.9 Å². The summed E-state index contributed by atoms with van der Waals surface area (Å²) in [5.41, 5.74) is 2.49. The minimum atomic E-state index is -0.331. The van der Waals surface area contributed by atoms with Gasteiger partial charge < -0.3 is 10.6 Å². The molecule has 1 aromatic heterocycles. The van der Waals surface area contributed by atoms with Gasteiger partial charge in [-0.25, -0.2) is 0 Å². The number of rotatable bonds is 7. The Labute approximate surface area is 179 Å². The van der Waals surface area contributed by atoms with Crippen molar-refractivity contribution < 1.29 is 9.59 Å². The van der Waals surface area contributed by atoms with Gasteiger partial charge >= 0.3 is 0 Å². The zero-order chi connectivity index (χ0) is 20.8. The summed E-state index contributed by atoms with van der Waals surface area (Å²) >= 11 is 2.97. The molecule has 0 spiro atoms. The van der Waals surface area contributed by atoms with Crippen LogP contribution in [0.1, 0.15) is 55.5 Å². The molecule has 1 aromatic carbocycles. The van der Waals surface area contributed by atoms with Gasteiger partial charge in [0.25, 0.3) is 0 Å². The van der Waals surface area contributed by atoms with Crippen LogP contribution >= 0.6 is 23.1 Å². The molecule has 3 rings (SSSR count). The number of nitrogens with zero attached hydrogens (tertiary/aromatic N) is 1. The molecular formula is C22H25N3O2S2. The van der Waals surface area contributed by atoms with Crippen molar-refractivity contribution in [1.82, 2.24) is 0 Å². The van der Waals surface area contributed by atoms with Crippen LogP contribution < -0.4 is 10.6 Å². The van der Waals surface area contributed by atoms with Crippen molar-refractivity contribution >= 4 is 45.6 Å². The minimum Gasteiger partial charge on any atom is -0.326 e. The topological polar surface area (TPSA) is 82.0 Å². The number of aryl methyl sites for hydroxylation is 1. The molecule has 29 heavy (non-hydrogen) atoms. The van der Waals surface area contributed by atoms with Crippen LogP contribution in [0.15, 0.2) is 29.2 Å². The number of nitriles is 1. The van der Waals surface area contributed by atoms with E-state index in [1.807, 2.05) is 38.1 Å². The van der Waals surface area contributed by atoms with Gasteiger partial charge in [-0.3, -0.25) is 9.59 Å². The van der Waals surface area contributed by atoms with Crippen molar-refractivity contribution in [2.75, 3.05) is 10.6 Å². The maximum absolute atomic E-state index is 12.7. The number of hydrogen-bond acceptors (Lipinski definition) is 5. The zero-order valence-electron chi connectivity index (χ0n) is 16.7. The number of anilines is 2. The summed E-state index contributed by atoms with van der Waals surface area (Å²) in [5, 5.41) is 15.8. The Morgan fingerprint density at radius 1 is 1.28 bits per heavy atom. The van der Waals surface area contributed by atoms with Gasteiger partial charge in [0.15, 0.2) is 0 Å². The van der Waals surface area contributed by atoms with Crippen LogP contribution in [0.4, 0.5) is 10.7 Å². The highest BCUT2D eigenvalue weighted by atomic mass is 32.2. The van der Waals surface area contributed by atoms with E-state index in [9.17, 15) is 14.9 Å². The van der Waals surface area contributed by atoms with Gasteiger partial charge in [-0.1, -0.05) is 13.0 Å². The molecule has 1 heterocycles. The van der Waals surface area contributed by atoms with Crippen LogP contribution in [0.3, 0.4) is 0 Å². The Morgan fingerprint density at radius 2 is 2.07 bits per heavy atom. The number of carbonyl (C=O) groups is 2. The molecule has 0 radical (unpaired) electrons. The van der Waals surface area contributed by atoms with Gasteiger partial charge in [0.2, 0.25) is 11.8 Å². The van der Waals surface area contributed by atoms with E-state index in [1.54, 1.807) is 11.3 Å². The molecule has 0 aliphatic heterocycles. The minimum absolute atomic E-state index is 0.00821. The number of thioether (sulfide) groups is 1. The molecule has 0 bridgehead atoms. The van der Waals surface area contributed by atoms with E-state index in [4.69, 9.17) is 0 Å². The summed E-state index contributed by atoms with van der Waals surface area (Å²) in [6.45, 7) is 3.82. The number of thiophene rings is 1. The van der Waals surface area contributed by atoms with Crippen LogP contribution in [0, 0.1) is 11.3 Å². The Balaban J connectivity index is 1.65. The summed E-state index contributed by atoms with van der Waals surface area (Å²) in [5.74, 6) is -0.128. The quantitative estimate of drug-likeness (QED) is 0.583. The van der Waals surface area contributed by atoms with Gasteiger partial charge in [-0.2, -0.15) is 5.26 Å². The van der Waals surface area contributed by atoms with E-state index in [-0.39, 0.29) is 17.1 Å². The van der Waals surface area contributed by atoms with E-state index < -0.39 is 0 Å². The zero-order valence-corrected chi connectivity index (χ0v) is 18.3. The van der Waals surface area contributed by atoms with Crippen LogP contribution in [0.2, 0.25) is 0 Å². The van der Waals surface area contributed by atoms with E-state index in [2.05, 4.69) is 16.7 Å². The highest BCUT2D eigenvalue weighted by Gasteiger charge is 2.23. The lowest BCUT2D eigenvalue weighted by molar-refractivity contribution is -0.116. The second-order valence-electron chi connectivity index (χ2n) is 7.10. The molecule has 1 unspecified atom stereocenters. The Kier molecular flexibility index (Phi) is 7.34. The molecule has 152 valence electrons. The van der Waals surface area contributed by atoms with Crippen LogP contribution in [0.5, 0.6) is 0 Å². The highest BCUT2D eigenvalue weighted by molar-refractivity contribution is 8.00. The maximum atomic E-state index is 12.7. The third-order valence-corrected chi connectivity index (χ3v) is 7.10. The summed E-state index contributed by atoms with van der Waals surface area (Å²) in [4.78, 5) is 26.7. The van der Waals surface area contributed by atoms with Gasteiger partial charge in [-0.15, -0.1) is 23.1 Å². The van der Waals surface area contributed by atoms with E-state index in [0.717, 1.165) is 48.3 Å². The fourth-order valence-corrected chi connectivity index (χ4v) is 5.51. The van der Waals surface area contributed by atoms with Crippen molar-refractivity contribution in [3.8, 4) is 6.07 Å². The summed E-state index contributed by atoms with van der Waals surface area (Å²) in [7, 11) is 0. The lowest BCUT2D eigenvalue weighted by atomic mass is 9.96. The number of amides is 2. The molecular weight excluding hydrogens is 402 g/mol. The average Bonchev–Trinajstić information content (AvgIpc) is 3.05. The van der Waals surface area contributed by atoms with Crippen LogP contribution in [0.25, 0.3) is 0 Å². The highest BCUT2D eigenvalue weighted by Crippen LogP contribution is 2.38. The first-order chi connectivity index (χ1) is 14.0. The summed E-state index contributed by atoms with van der Waals surface area (Å²) in [6.07, 6.45) is 5.44. The fraction of sp³-hybridized carbons (Fsp3) is 0.409. The van der Waals surface area contributed by atoms with Crippen molar-refractivity contribution in [1.29, 1.82) is 5.26 Å². The molecule has 5 nitrogen and oxygen atoms in total. The van der Waals surface area contributed by atoms with Crippen molar-refractivity contribution in [2.24, 2.45) is 0 Å². The normalized spacial score (nSPS) is 13.8. The standard InChI is InChI=1S/C22H25N3O2S2/c1-3-7-20(26)24-15-8-6-9-16(12-15)28-14(2)21(27)25-22-18(13-23)17-10-4-5-11-19(17)29-22/h6,8-9,12,14H,3-5,7,10-11H2,1-2H3,(H,24,26)(H,25,27). The lowest BCUT2D eigenvalue weighted by Crippen LogP contribution is -2.22. The van der Waals surface area contributed by atoms with Gasteiger partial charge in [0.1, 0.15) is 11.1 Å². The first kappa shape index (κ1) is 21.4. The largest absolute Gasteiger partial charge is 0.326 e. The molecule has 0 saturated heterocycles. The molecule has 1 aliphatic rings. The van der Waals surface area contributed by atoms with E-state index >= 15 is 0 Å². The number of hydrogen-bond donors (Lipinski definition) is 2. The Morgan fingerprint density at radius 3 is 2.83 bits per heavy atom. The SMILES string of the molecule is CCCC(=O)Nc1cccc(SC(C)C(=O)Nc2sc3c(c2C#N)CCCC3)c1. The maximum Gasteiger partial charge on any atom is 0.238 e. The predicted molar refractivity (Wildman–Crippen MR) is 120 cm³/mol. The van der Waals surface area contributed by atoms with Crippen molar-refractivity contribution in [2.45, 2.75) is 62.5 Å². The molecule has 0 saturated carbocycles. The molecule has 0 fully saturated rings. The predicted octanol–water partition coefficient (Wildman–Crippen LogP) is 5.36. The third-order valence-electron chi connectivity index (χ3n) is 4.80. The molecule has 1 atom stereocenters. The summed E-state index contributed by atoms with van der Waals surface area (Å²) in [6, 6.07) is 9.80.